The summed E-state index contributed by atoms with van der Waals surface area (Å²) in [5, 5.41) is 4.69. The first-order valence-corrected chi connectivity index (χ1v) is 9.90. The third-order valence-corrected chi connectivity index (χ3v) is 6.12. The highest BCUT2D eigenvalue weighted by molar-refractivity contribution is 7.89. The zero-order valence-electron chi connectivity index (χ0n) is 13.0. The van der Waals surface area contributed by atoms with Crippen LogP contribution in [-0.4, -0.2) is 24.0 Å². The van der Waals surface area contributed by atoms with Crippen LogP contribution in [0.3, 0.4) is 0 Å². The Hall–Kier alpha value is -1.66. The molecule has 1 N–H and O–H groups in total. The maximum Gasteiger partial charge on any atom is 0.212 e. The predicted octanol–water partition coefficient (Wildman–Crippen LogP) is 2.19. The largest absolute Gasteiger partial charge is 0.237 e. The van der Waals surface area contributed by atoms with Crippen LogP contribution in [0.1, 0.15) is 36.2 Å². The lowest BCUT2D eigenvalue weighted by Gasteiger charge is -2.06. The fraction of sp³-hybridized carbons (Fsp3) is 0.471. The molecule has 122 valence electrons. The second-order valence-corrected chi connectivity index (χ2v) is 8.37. The molecule has 1 fully saturated rings. The Bertz CT molecular complexity index is 808. The number of rotatable bonds is 6. The zero-order valence-corrected chi connectivity index (χ0v) is 13.8. The number of sulfonamides is 1. The highest BCUT2D eigenvalue weighted by atomic mass is 32.2. The maximum absolute atomic E-state index is 12.1. The average molecular weight is 331 g/mol. The maximum atomic E-state index is 12.1. The summed E-state index contributed by atoms with van der Waals surface area (Å²) in [7, 11) is -3.19. The standard InChI is InChI=1S/C17H21N3O2S/c21-23(22,12-13-9-10-13)18-11-16-15-7-4-8-17(15)20(19-16)14-5-2-1-3-6-14/h1-3,5-6,13,18H,4,7-12H2. The topological polar surface area (TPSA) is 64.0 Å². The first kappa shape index (κ1) is 14.9. The van der Waals surface area contributed by atoms with Crippen LogP contribution < -0.4 is 4.72 Å². The lowest BCUT2D eigenvalue weighted by atomic mass is 10.2. The van der Waals surface area contributed by atoms with Gasteiger partial charge in [-0.05, 0) is 55.7 Å². The Labute approximate surface area is 136 Å². The summed E-state index contributed by atoms with van der Waals surface area (Å²) in [6, 6.07) is 10.0. The van der Waals surface area contributed by atoms with E-state index in [1.165, 1.54) is 11.3 Å². The van der Waals surface area contributed by atoms with Gasteiger partial charge in [0.25, 0.3) is 0 Å². The number of aromatic nitrogens is 2. The molecule has 0 spiro atoms. The van der Waals surface area contributed by atoms with Gasteiger partial charge in [-0.3, -0.25) is 0 Å². The van der Waals surface area contributed by atoms with E-state index in [-0.39, 0.29) is 5.75 Å². The van der Waals surface area contributed by atoms with Crippen LogP contribution in [0.25, 0.3) is 5.69 Å². The first-order valence-electron chi connectivity index (χ1n) is 8.25. The summed E-state index contributed by atoms with van der Waals surface area (Å²) in [6.07, 6.45) is 5.19. The quantitative estimate of drug-likeness (QED) is 0.882. The van der Waals surface area contributed by atoms with E-state index < -0.39 is 10.0 Å². The molecule has 2 aromatic rings. The van der Waals surface area contributed by atoms with Crippen molar-refractivity contribution in [3.63, 3.8) is 0 Å². The fourth-order valence-corrected chi connectivity index (χ4v) is 4.70. The van der Waals surface area contributed by atoms with Crippen molar-refractivity contribution in [1.29, 1.82) is 0 Å². The van der Waals surface area contributed by atoms with Crippen molar-refractivity contribution >= 4 is 10.0 Å². The van der Waals surface area contributed by atoms with Gasteiger partial charge < -0.3 is 0 Å². The van der Waals surface area contributed by atoms with E-state index in [4.69, 9.17) is 0 Å². The molecule has 0 aliphatic heterocycles. The minimum absolute atomic E-state index is 0.259. The molecule has 2 aliphatic rings. The van der Waals surface area contributed by atoms with Gasteiger partial charge in [0.1, 0.15) is 0 Å². The fourth-order valence-electron chi connectivity index (χ4n) is 3.27. The Morgan fingerprint density at radius 3 is 2.70 bits per heavy atom. The Morgan fingerprint density at radius 1 is 1.17 bits per heavy atom. The third-order valence-electron chi connectivity index (χ3n) is 4.63. The van der Waals surface area contributed by atoms with E-state index in [1.54, 1.807) is 0 Å². The number of hydrogen-bond donors (Lipinski definition) is 1. The van der Waals surface area contributed by atoms with Gasteiger partial charge in [0, 0.05) is 5.69 Å². The second kappa shape index (κ2) is 5.76. The molecule has 5 nitrogen and oxygen atoms in total. The van der Waals surface area contributed by atoms with E-state index in [1.807, 2.05) is 35.0 Å². The molecule has 0 bridgehead atoms. The van der Waals surface area contributed by atoms with Gasteiger partial charge in [0.05, 0.1) is 23.7 Å². The molecule has 4 rings (SSSR count). The van der Waals surface area contributed by atoms with Crippen LogP contribution in [0.4, 0.5) is 0 Å². The van der Waals surface area contributed by atoms with Crippen LogP contribution in [0, 0.1) is 5.92 Å². The Kier molecular flexibility index (Phi) is 3.73. The Balaban J connectivity index is 1.57. The van der Waals surface area contributed by atoms with Crippen LogP contribution in [0.5, 0.6) is 0 Å². The molecule has 1 heterocycles. The molecule has 2 aliphatic carbocycles. The van der Waals surface area contributed by atoms with E-state index in [2.05, 4.69) is 9.82 Å². The van der Waals surface area contributed by atoms with E-state index in [0.717, 1.165) is 43.5 Å². The minimum atomic E-state index is -3.19. The van der Waals surface area contributed by atoms with Gasteiger partial charge in [0.2, 0.25) is 10.0 Å². The number of fused-ring (bicyclic) bond motifs is 1. The second-order valence-electron chi connectivity index (χ2n) is 6.52. The van der Waals surface area contributed by atoms with Crippen LogP contribution in [-0.2, 0) is 29.4 Å². The third kappa shape index (κ3) is 3.19. The zero-order chi connectivity index (χ0) is 15.9. The molecule has 0 unspecified atom stereocenters. The molecule has 1 saturated carbocycles. The minimum Gasteiger partial charge on any atom is -0.237 e. The van der Waals surface area contributed by atoms with Crippen LogP contribution in [0.2, 0.25) is 0 Å². The normalized spacial score (nSPS) is 17.4. The molecule has 6 heteroatoms. The number of benzene rings is 1. The summed E-state index contributed by atoms with van der Waals surface area (Å²) in [6.45, 7) is 0.303. The molecule has 1 aromatic carbocycles. The van der Waals surface area contributed by atoms with Gasteiger partial charge in [0.15, 0.2) is 0 Å². The molecule has 0 atom stereocenters. The molecular formula is C17H21N3O2S. The van der Waals surface area contributed by atoms with Crippen molar-refractivity contribution in [3.05, 3.63) is 47.3 Å². The summed E-state index contributed by atoms with van der Waals surface area (Å²) in [4.78, 5) is 0. The van der Waals surface area contributed by atoms with E-state index >= 15 is 0 Å². The van der Waals surface area contributed by atoms with Crippen molar-refractivity contribution in [2.75, 3.05) is 5.75 Å². The number of nitrogens with zero attached hydrogens (tertiary/aromatic N) is 2. The molecule has 1 aromatic heterocycles. The molecule has 23 heavy (non-hydrogen) atoms. The molecule has 0 saturated heterocycles. The number of hydrogen-bond acceptors (Lipinski definition) is 3. The van der Waals surface area contributed by atoms with Crippen molar-refractivity contribution in [1.82, 2.24) is 14.5 Å². The highest BCUT2D eigenvalue weighted by Gasteiger charge is 2.29. The van der Waals surface area contributed by atoms with Gasteiger partial charge in [-0.15, -0.1) is 0 Å². The molecule has 0 radical (unpaired) electrons. The monoisotopic (exact) mass is 331 g/mol. The number of para-hydroxylation sites is 1. The van der Waals surface area contributed by atoms with Gasteiger partial charge in [-0.2, -0.15) is 5.10 Å². The average Bonchev–Trinajstić information content (AvgIpc) is 3.09. The van der Waals surface area contributed by atoms with Crippen molar-refractivity contribution in [2.45, 2.75) is 38.6 Å². The molecular weight excluding hydrogens is 310 g/mol. The Morgan fingerprint density at radius 2 is 1.96 bits per heavy atom. The summed E-state index contributed by atoms with van der Waals surface area (Å²) in [5.74, 6) is 0.620. The highest BCUT2D eigenvalue weighted by Crippen LogP contribution is 2.30. The SMILES string of the molecule is O=S(=O)(CC1CC1)NCc1nn(-c2ccccc2)c2c1CCC2. The summed E-state index contributed by atoms with van der Waals surface area (Å²) >= 11 is 0. The lowest BCUT2D eigenvalue weighted by Crippen LogP contribution is -2.27. The molecule has 0 amide bonds. The van der Waals surface area contributed by atoms with E-state index in [9.17, 15) is 8.42 Å². The first-order chi connectivity index (χ1) is 11.1. The van der Waals surface area contributed by atoms with E-state index in [0.29, 0.717) is 12.5 Å². The summed E-state index contributed by atoms with van der Waals surface area (Å²) < 4.78 is 28.9. The van der Waals surface area contributed by atoms with Crippen LogP contribution >= 0.6 is 0 Å². The smallest absolute Gasteiger partial charge is 0.212 e. The van der Waals surface area contributed by atoms with Crippen molar-refractivity contribution < 1.29 is 8.42 Å². The lowest BCUT2D eigenvalue weighted by molar-refractivity contribution is 0.575. The van der Waals surface area contributed by atoms with Gasteiger partial charge >= 0.3 is 0 Å². The van der Waals surface area contributed by atoms with Gasteiger partial charge in [-0.1, -0.05) is 18.2 Å². The van der Waals surface area contributed by atoms with Crippen molar-refractivity contribution in [2.24, 2.45) is 5.92 Å². The van der Waals surface area contributed by atoms with Gasteiger partial charge in [-0.25, -0.2) is 17.8 Å². The predicted molar refractivity (Wildman–Crippen MR) is 88.9 cm³/mol. The van der Waals surface area contributed by atoms with Crippen LogP contribution in [0.15, 0.2) is 30.3 Å². The summed E-state index contributed by atoms with van der Waals surface area (Å²) in [5.41, 5.74) is 4.37. The number of nitrogens with one attached hydrogen (secondary N) is 1. The van der Waals surface area contributed by atoms with Crippen molar-refractivity contribution in [3.8, 4) is 5.69 Å².